The van der Waals surface area contributed by atoms with Crippen LogP contribution in [0, 0.1) is 16.3 Å². The van der Waals surface area contributed by atoms with Gasteiger partial charge in [0.25, 0.3) is 0 Å². The lowest BCUT2D eigenvalue weighted by Gasteiger charge is -2.15. The molecular weight excluding hydrogens is 536 g/mol. The Hall–Kier alpha value is -3.05. The molecule has 0 atom stereocenters. The lowest BCUT2D eigenvalue weighted by atomic mass is 10.1. The van der Waals surface area contributed by atoms with Crippen molar-refractivity contribution < 1.29 is 13.9 Å². The van der Waals surface area contributed by atoms with Gasteiger partial charge in [-0.25, -0.2) is 14.4 Å². The van der Waals surface area contributed by atoms with E-state index in [1.54, 1.807) is 18.5 Å². The molecule has 7 nitrogen and oxygen atoms in total. The molecule has 170 valence electrons. The summed E-state index contributed by atoms with van der Waals surface area (Å²) in [7, 11) is 3.92. The van der Waals surface area contributed by atoms with E-state index in [1.807, 2.05) is 78.8 Å². The number of hydrogen-bond acceptors (Lipinski definition) is 7. The number of rotatable bonds is 8. The first kappa shape index (κ1) is 23.1. The maximum atomic E-state index is 15.3. The molecule has 4 rings (SSSR count). The highest BCUT2D eigenvalue weighted by atomic mass is 127. The van der Waals surface area contributed by atoms with Crippen molar-refractivity contribution in [1.29, 1.82) is 0 Å². The fraction of sp³-hybridized carbons (Fsp3) is 0.208. The number of benzene rings is 2. The van der Waals surface area contributed by atoms with Gasteiger partial charge in [0.1, 0.15) is 36.0 Å². The van der Waals surface area contributed by atoms with Gasteiger partial charge in [0.05, 0.1) is 20.7 Å². The summed E-state index contributed by atoms with van der Waals surface area (Å²) in [6.07, 6.45) is 4.76. The smallest absolute Gasteiger partial charge is 0.153 e. The number of ether oxygens (including phenoxy) is 2. The van der Waals surface area contributed by atoms with Crippen molar-refractivity contribution >= 4 is 45.0 Å². The molecule has 33 heavy (non-hydrogen) atoms. The molecule has 2 aromatic carbocycles. The molecule has 0 bridgehead atoms. The predicted octanol–water partition coefficient (Wildman–Crippen LogP) is 5.55. The zero-order valence-electron chi connectivity index (χ0n) is 18.5. The molecule has 9 heteroatoms. The van der Waals surface area contributed by atoms with Gasteiger partial charge in [-0.15, -0.1) is 0 Å². The van der Waals surface area contributed by atoms with Crippen LogP contribution in [0.1, 0.15) is 5.56 Å². The summed E-state index contributed by atoms with van der Waals surface area (Å²) in [5.74, 6) is 1.81. The first-order chi connectivity index (χ1) is 15.9. The molecule has 0 aliphatic heterocycles. The van der Waals surface area contributed by atoms with Crippen LogP contribution in [-0.4, -0.2) is 47.1 Å². The molecule has 0 aliphatic carbocycles. The minimum atomic E-state index is -0.413. The molecular formula is C24H23FIN5O2. The van der Waals surface area contributed by atoms with Gasteiger partial charge in [-0.05, 0) is 79.5 Å². The van der Waals surface area contributed by atoms with Crippen LogP contribution in [0.4, 0.5) is 15.9 Å². The number of likely N-dealkylation sites (N-methyl/N-ethyl adjacent to an activating group) is 1. The average Bonchev–Trinajstić information content (AvgIpc) is 2.79. The quantitative estimate of drug-likeness (QED) is 0.284. The van der Waals surface area contributed by atoms with Crippen molar-refractivity contribution in [3.8, 4) is 17.2 Å². The van der Waals surface area contributed by atoms with Gasteiger partial charge in [0.2, 0.25) is 0 Å². The second kappa shape index (κ2) is 10.3. The Bertz CT molecular complexity index is 1270. The van der Waals surface area contributed by atoms with Gasteiger partial charge in [0.15, 0.2) is 5.82 Å². The summed E-state index contributed by atoms with van der Waals surface area (Å²) in [4.78, 5) is 14.6. The highest BCUT2D eigenvalue weighted by molar-refractivity contribution is 14.1. The number of aryl methyl sites for hydroxylation is 1. The topological polar surface area (TPSA) is 72.4 Å². The van der Waals surface area contributed by atoms with E-state index in [2.05, 4.69) is 20.3 Å². The van der Waals surface area contributed by atoms with Crippen LogP contribution < -0.4 is 14.8 Å². The Kier molecular flexibility index (Phi) is 7.19. The Morgan fingerprint density at radius 2 is 1.97 bits per heavy atom. The largest absolute Gasteiger partial charge is 0.491 e. The summed E-state index contributed by atoms with van der Waals surface area (Å²) in [5, 5.41) is 3.53. The fourth-order valence-electron chi connectivity index (χ4n) is 3.18. The minimum absolute atomic E-state index is 0.315. The number of pyridine rings is 1. The lowest BCUT2D eigenvalue weighted by Crippen LogP contribution is -2.19. The molecule has 0 amide bonds. The second-order valence-corrected chi connectivity index (χ2v) is 8.75. The Morgan fingerprint density at radius 1 is 1.12 bits per heavy atom. The van der Waals surface area contributed by atoms with E-state index in [1.165, 1.54) is 6.33 Å². The molecule has 0 fully saturated rings. The van der Waals surface area contributed by atoms with E-state index >= 15 is 4.39 Å². The number of nitrogens with zero attached hydrogens (tertiary/aromatic N) is 4. The third-order valence-corrected chi connectivity index (χ3v) is 5.87. The normalized spacial score (nSPS) is 11.1. The number of fused-ring (bicyclic) bond motifs is 1. The lowest BCUT2D eigenvalue weighted by molar-refractivity contribution is 0.259. The summed E-state index contributed by atoms with van der Waals surface area (Å²) in [6, 6.07) is 11.0. The van der Waals surface area contributed by atoms with E-state index in [-0.39, 0.29) is 0 Å². The molecule has 0 spiro atoms. The van der Waals surface area contributed by atoms with Gasteiger partial charge < -0.3 is 19.7 Å². The van der Waals surface area contributed by atoms with E-state index in [0.29, 0.717) is 44.1 Å². The first-order valence-corrected chi connectivity index (χ1v) is 11.4. The summed E-state index contributed by atoms with van der Waals surface area (Å²) in [5.41, 5.74) is 2.14. The summed E-state index contributed by atoms with van der Waals surface area (Å²) in [6.45, 7) is 3.12. The van der Waals surface area contributed by atoms with Crippen molar-refractivity contribution in [2.45, 2.75) is 6.92 Å². The van der Waals surface area contributed by atoms with Crippen LogP contribution in [0.5, 0.6) is 17.2 Å². The van der Waals surface area contributed by atoms with Gasteiger partial charge in [-0.1, -0.05) is 0 Å². The van der Waals surface area contributed by atoms with Crippen LogP contribution in [-0.2, 0) is 0 Å². The monoisotopic (exact) mass is 559 g/mol. The number of nitrogens with one attached hydrogen (secondary N) is 1. The standard InChI is InChI=1S/C24H23FIN5O2/c1-15-11-16(6-7-19(15)33-17-5-4-8-27-13-17)30-24-21-18(28-14-29-24)12-20(23(26)22(21)25)32-10-9-31(2)3/h4-8,11-14H,9-10H2,1-3H3,(H,28,29,30). The molecule has 0 aliphatic rings. The van der Waals surface area contributed by atoms with Gasteiger partial charge >= 0.3 is 0 Å². The Morgan fingerprint density at radius 3 is 2.70 bits per heavy atom. The highest BCUT2D eigenvalue weighted by Crippen LogP contribution is 2.35. The molecule has 4 aromatic rings. The zero-order chi connectivity index (χ0) is 23.4. The minimum Gasteiger partial charge on any atom is -0.491 e. The van der Waals surface area contributed by atoms with E-state index in [9.17, 15) is 0 Å². The van der Waals surface area contributed by atoms with Gasteiger partial charge in [-0.3, -0.25) is 4.98 Å². The first-order valence-electron chi connectivity index (χ1n) is 10.3. The maximum Gasteiger partial charge on any atom is 0.153 e. The van der Waals surface area contributed by atoms with Crippen LogP contribution >= 0.6 is 22.6 Å². The van der Waals surface area contributed by atoms with Gasteiger partial charge in [0, 0.05) is 24.5 Å². The second-order valence-electron chi connectivity index (χ2n) is 7.67. The number of halogens is 2. The number of hydrogen-bond donors (Lipinski definition) is 1. The van der Waals surface area contributed by atoms with Crippen LogP contribution in [0.15, 0.2) is 55.1 Å². The molecule has 2 aromatic heterocycles. The third-order valence-electron chi connectivity index (χ3n) is 4.87. The molecule has 1 N–H and O–H groups in total. The Balaban J connectivity index is 1.60. The predicted molar refractivity (Wildman–Crippen MR) is 135 cm³/mol. The molecule has 0 saturated heterocycles. The van der Waals surface area contributed by atoms with E-state index < -0.39 is 5.82 Å². The van der Waals surface area contributed by atoms with Gasteiger partial charge in [-0.2, -0.15) is 0 Å². The average molecular weight is 559 g/mol. The Labute approximate surface area is 205 Å². The maximum absolute atomic E-state index is 15.3. The third kappa shape index (κ3) is 5.48. The van der Waals surface area contributed by atoms with Crippen molar-refractivity contribution in [1.82, 2.24) is 19.9 Å². The van der Waals surface area contributed by atoms with E-state index in [4.69, 9.17) is 9.47 Å². The highest BCUT2D eigenvalue weighted by Gasteiger charge is 2.18. The summed E-state index contributed by atoms with van der Waals surface area (Å²) < 4.78 is 27.4. The number of anilines is 2. The molecule has 0 unspecified atom stereocenters. The van der Waals surface area contributed by atoms with Crippen LogP contribution in [0.3, 0.4) is 0 Å². The number of aromatic nitrogens is 3. The zero-order valence-corrected chi connectivity index (χ0v) is 20.6. The molecule has 2 heterocycles. The summed E-state index contributed by atoms with van der Waals surface area (Å²) >= 11 is 1.96. The van der Waals surface area contributed by atoms with Crippen molar-refractivity contribution in [3.05, 3.63) is 70.1 Å². The van der Waals surface area contributed by atoms with Crippen molar-refractivity contribution in [2.75, 3.05) is 32.6 Å². The van der Waals surface area contributed by atoms with Crippen molar-refractivity contribution in [3.63, 3.8) is 0 Å². The molecule has 0 radical (unpaired) electrons. The fourth-order valence-corrected chi connectivity index (χ4v) is 3.76. The van der Waals surface area contributed by atoms with Crippen molar-refractivity contribution in [2.24, 2.45) is 0 Å². The molecule has 0 saturated carbocycles. The van der Waals surface area contributed by atoms with Crippen LogP contribution in [0.2, 0.25) is 0 Å². The van der Waals surface area contributed by atoms with Crippen LogP contribution in [0.25, 0.3) is 10.9 Å². The van der Waals surface area contributed by atoms with E-state index in [0.717, 1.165) is 17.8 Å². The SMILES string of the molecule is Cc1cc(Nc2ncnc3cc(OCCN(C)C)c(I)c(F)c23)ccc1Oc1cccnc1.